The number of ether oxygens (including phenoxy) is 1. The molecule has 3 aliphatic heterocycles. The summed E-state index contributed by atoms with van der Waals surface area (Å²) < 4.78 is 5.47. The quantitative estimate of drug-likeness (QED) is 0.868. The van der Waals surface area contributed by atoms with E-state index < -0.39 is 0 Å². The summed E-state index contributed by atoms with van der Waals surface area (Å²) in [5, 5.41) is 9.26. The van der Waals surface area contributed by atoms with E-state index in [1.807, 2.05) is 11.3 Å². The molecule has 136 valence electrons. The molecule has 5 rings (SSSR count). The molecule has 2 N–H and O–H groups in total. The second kappa shape index (κ2) is 7.02. The van der Waals surface area contributed by atoms with Gasteiger partial charge in [0.2, 0.25) is 0 Å². The normalized spacial score (nSPS) is 25.9. The molecular formula is C20H24N4OS. The van der Waals surface area contributed by atoms with E-state index >= 15 is 0 Å². The third kappa shape index (κ3) is 3.13. The number of guanidine groups is 1. The number of rotatable bonds is 4. The summed E-state index contributed by atoms with van der Waals surface area (Å²) in [6, 6.07) is 14.1. The lowest BCUT2D eigenvalue weighted by Crippen LogP contribution is -2.45. The Morgan fingerprint density at radius 2 is 2.19 bits per heavy atom. The Balaban J connectivity index is 1.32. The van der Waals surface area contributed by atoms with Crippen LogP contribution < -0.4 is 10.6 Å². The van der Waals surface area contributed by atoms with Gasteiger partial charge in [0.05, 0.1) is 31.3 Å². The van der Waals surface area contributed by atoms with E-state index in [0.717, 1.165) is 45.2 Å². The van der Waals surface area contributed by atoms with E-state index in [9.17, 15) is 0 Å². The Morgan fingerprint density at radius 1 is 1.27 bits per heavy atom. The number of nitrogens with zero attached hydrogens (tertiary/aromatic N) is 2. The molecule has 0 radical (unpaired) electrons. The van der Waals surface area contributed by atoms with Crippen LogP contribution in [0, 0.1) is 0 Å². The molecule has 6 heteroatoms. The first-order valence-corrected chi connectivity index (χ1v) is 10.2. The van der Waals surface area contributed by atoms with Crippen LogP contribution in [0.4, 0.5) is 0 Å². The van der Waals surface area contributed by atoms with E-state index in [-0.39, 0.29) is 6.04 Å². The van der Waals surface area contributed by atoms with Gasteiger partial charge in [-0.05, 0) is 29.0 Å². The SMILES string of the molecule is c1ccc(C(CNC2=N[C@@H]3COC[C@@H]3N2)N2CCc3sccc3C2)cc1. The number of hydrogen-bond donors (Lipinski definition) is 2. The molecule has 0 spiro atoms. The van der Waals surface area contributed by atoms with E-state index in [1.165, 1.54) is 11.1 Å². The van der Waals surface area contributed by atoms with Crippen molar-refractivity contribution in [1.29, 1.82) is 0 Å². The maximum absolute atomic E-state index is 5.47. The second-order valence-corrected chi connectivity index (χ2v) is 8.23. The van der Waals surface area contributed by atoms with Crippen LogP contribution in [0.3, 0.4) is 0 Å². The summed E-state index contributed by atoms with van der Waals surface area (Å²) in [4.78, 5) is 8.89. The minimum absolute atomic E-state index is 0.274. The fourth-order valence-corrected chi connectivity index (χ4v) is 5.04. The molecule has 1 aromatic carbocycles. The van der Waals surface area contributed by atoms with Crippen molar-refractivity contribution < 1.29 is 4.74 Å². The average Bonchev–Trinajstić information content (AvgIpc) is 3.38. The number of thiophene rings is 1. The summed E-state index contributed by atoms with van der Waals surface area (Å²) in [5.74, 6) is 0.928. The minimum Gasteiger partial charge on any atom is -0.377 e. The van der Waals surface area contributed by atoms with Crippen molar-refractivity contribution in [2.75, 3.05) is 26.3 Å². The van der Waals surface area contributed by atoms with Gasteiger partial charge < -0.3 is 15.4 Å². The highest BCUT2D eigenvalue weighted by molar-refractivity contribution is 7.10. The van der Waals surface area contributed by atoms with Crippen LogP contribution in [-0.2, 0) is 17.7 Å². The van der Waals surface area contributed by atoms with E-state index in [4.69, 9.17) is 9.73 Å². The summed E-state index contributed by atoms with van der Waals surface area (Å²) in [7, 11) is 0. The number of benzene rings is 1. The van der Waals surface area contributed by atoms with E-state index in [2.05, 4.69) is 57.3 Å². The zero-order chi connectivity index (χ0) is 17.3. The van der Waals surface area contributed by atoms with Gasteiger partial charge in [0, 0.05) is 24.5 Å². The predicted octanol–water partition coefficient (Wildman–Crippen LogP) is 2.16. The van der Waals surface area contributed by atoms with Crippen LogP contribution in [0.5, 0.6) is 0 Å². The molecule has 5 nitrogen and oxygen atoms in total. The smallest absolute Gasteiger partial charge is 0.192 e. The highest BCUT2D eigenvalue weighted by Crippen LogP contribution is 2.30. The molecule has 0 saturated carbocycles. The fourth-order valence-electron chi connectivity index (χ4n) is 4.15. The molecular weight excluding hydrogens is 344 g/mol. The summed E-state index contributed by atoms with van der Waals surface area (Å²) in [5.41, 5.74) is 2.85. The van der Waals surface area contributed by atoms with E-state index in [0.29, 0.717) is 12.1 Å². The van der Waals surface area contributed by atoms with E-state index in [1.54, 1.807) is 4.88 Å². The molecule has 1 unspecified atom stereocenters. The maximum Gasteiger partial charge on any atom is 0.192 e. The Labute approximate surface area is 158 Å². The second-order valence-electron chi connectivity index (χ2n) is 7.23. The van der Waals surface area contributed by atoms with Crippen molar-refractivity contribution >= 4 is 17.3 Å². The summed E-state index contributed by atoms with van der Waals surface area (Å²) in [6.07, 6.45) is 1.15. The third-order valence-corrected chi connectivity index (χ3v) is 6.62. The molecule has 0 aliphatic carbocycles. The maximum atomic E-state index is 5.47. The first-order chi connectivity index (χ1) is 12.9. The van der Waals surface area contributed by atoms with Gasteiger partial charge >= 0.3 is 0 Å². The molecule has 1 fully saturated rings. The largest absolute Gasteiger partial charge is 0.377 e. The van der Waals surface area contributed by atoms with Gasteiger partial charge in [-0.25, -0.2) is 4.99 Å². The van der Waals surface area contributed by atoms with Gasteiger partial charge in [0.1, 0.15) is 0 Å². The first-order valence-electron chi connectivity index (χ1n) is 9.37. The topological polar surface area (TPSA) is 48.9 Å². The molecule has 3 aliphatic rings. The van der Waals surface area contributed by atoms with Crippen LogP contribution in [0.1, 0.15) is 22.0 Å². The molecule has 2 aromatic rings. The number of fused-ring (bicyclic) bond motifs is 2. The van der Waals surface area contributed by atoms with Crippen LogP contribution in [-0.4, -0.2) is 49.2 Å². The highest BCUT2D eigenvalue weighted by atomic mass is 32.1. The lowest BCUT2D eigenvalue weighted by atomic mass is 10.0. The van der Waals surface area contributed by atoms with Crippen LogP contribution in [0.2, 0.25) is 0 Å². The molecule has 26 heavy (non-hydrogen) atoms. The Bertz CT molecular complexity index is 790. The number of nitrogens with one attached hydrogen (secondary N) is 2. The predicted molar refractivity (Wildman–Crippen MR) is 105 cm³/mol. The molecule has 4 heterocycles. The van der Waals surface area contributed by atoms with Crippen molar-refractivity contribution in [2.24, 2.45) is 4.99 Å². The van der Waals surface area contributed by atoms with Gasteiger partial charge in [-0.2, -0.15) is 0 Å². The Morgan fingerprint density at radius 3 is 3.08 bits per heavy atom. The van der Waals surface area contributed by atoms with Crippen LogP contribution in [0.15, 0.2) is 46.8 Å². The Kier molecular flexibility index (Phi) is 4.40. The van der Waals surface area contributed by atoms with Crippen LogP contribution in [0.25, 0.3) is 0 Å². The van der Waals surface area contributed by atoms with Gasteiger partial charge in [-0.15, -0.1) is 11.3 Å². The summed E-state index contributed by atoms with van der Waals surface area (Å²) >= 11 is 1.89. The first kappa shape index (κ1) is 16.3. The minimum atomic E-state index is 0.274. The van der Waals surface area contributed by atoms with Crippen molar-refractivity contribution in [3.05, 3.63) is 57.8 Å². The van der Waals surface area contributed by atoms with Gasteiger partial charge in [-0.3, -0.25) is 4.90 Å². The van der Waals surface area contributed by atoms with Gasteiger partial charge in [0.15, 0.2) is 5.96 Å². The standard InChI is InChI=1S/C20H24N4OS/c1-2-4-14(5-3-1)18(24-8-6-19-15(11-24)7-9-26-19)10-21-20-22-16-12-25-13-17(16)23-20/h1-5,7,9,16-18H,6,8,10-13H2,(H2,21,22,23)/t16-,17+,18?. The molecule has 3 atom stereocenters. The Hall–Kier alpha value is -1.89. The number of hydrogen-bond acceptors (Lipinski definition) is 6. The highest BCUT2D eigenvalue weighted by Gasteiger charge is 2.34. The third-order valence-electron chi connectivity index (χ3n) is 5.59. The zero-order valence-corrected chi connectivity index (χ0v) is 15.5. The monoisotopic (exact) mass is 368 g/mol. The average molecular weight is 369 g/mol. The van der Waals surface area contributed by atoms with Gasteiger partial charge in [0.25, 0.3) is 0 Å². The van der Waals surface area contributed by atoms with Crippen molar-refractivity contribution in [3.8, 4) is 0 Å². The van der Waals surface area contributed by atoms with Crippen LogP contribution >= 0.6 is 11.3 Å². The zero-order valence-electron chi connectivity index (χ0n) is 14.7. The lowest BCUT2D eigenvalue weighted by Gasteiger charge is -2.35. The molecule has 1 aromatic heterocycles. The fraction of sp³-hybridized carbons (Fsp3) is 0.450. The van der Waals surface area contributed by atoms with Gasteiger partial charge in [-0.1, -0.05) is 30.3 Å². The van der Waals surface area contributed by atoms with Crippen molar-refractivity contribution in [1.82, 2.24) is 15.5 Å². The van der Waals surface area contributed by atoms with Crippen molar-refractivity contribution in [2.45, 2.75) is 31.1 Å². The lowest BCUT2D eigenvalue weighted by molar-refractivity contribution is 0.180. The molecule has 0 amide bonds. The van der Waals surface area contributed by atoms with Crippen molar-refractivity contribution in [3.63, 3.8) is 0 Å². The summed E-state index contributed by atoms with van der Waals surface area (Å²) in [6.45, 7) is 4.48. The number of aliphatic imine (C=N–C) groups is 1. The molecule has 0 bridgehead atoms. The molecule has 1 saturated heterocycles.